The number of aliphatic hydroxyl groups is 1. The van der Waals surface area contributed by atoms with E-state index in [4.69, 9.17) is 10.5 Å². The van der Waals surface area contributed by atoms with Crippen LogP contribution in [0.4, 0.5) is 13.6 Å². The van der Waals surface area contributed by atoms with Crippen LogP contribution in [-0.2, 0) is 61.0 Å². The first-order valence-electron chi connectivity index (χ1n) is 25.7. The molecule has 5 atom stereocenters. The molecule has 0 radical (unpaired) electrons. The molecule has 1 aliphatic heterocycles. The van der Waals surface area contributed by atoms with E-state index in [9.17, 15) is 57.4 Å². The summed E-state index contributed by atoms with van der Waals surface area (Å²) in [5, 5.41) is 25.4. The van der Waals surface area contributed by atoms with E-state index in [0.717, 1.165) is 35.9 Å². The highest BCUT2D eigenvalue weighted by Crippen LogP contribution is 2.41. The van der Waals surface area contributed by atoms with Crippen molar-refractivity contribution in [3.63, 3.8) is 0 Å². The van der Waals surface area contributed by atoms with Gasteiger partial charge in [-0.05, 0) is 60.1 Å². The van der Waals surface area contributed by atoms with Crippen molar-refractivity contribution in [3.8, 4) is 11.1 Å². The second kappa shape index (κ2) is 28.7. The van der Waals surface area contributed by atoms with Crippen LogP contribution in [0.15, 0.2) is 103 Å². The van der Waals surface area contributed by atoms with Gasteiger partial charge in [0.1, 0.15) is 55.6 Å². The zero-order chi connectivity index (χ0) is 58.8. The summed E-state index contributed by atoms with van der Waals surface area (Å²) in [7, 11) is 0. The number of aromatic nitrogens is 1. The van der Waals surface area contributed by atoms with Crippen molar-refractivity contribution >= 4 is 59.3 Å². The molecule has 0 saturated heterocycles. The van der Waals surface area contributed by atoms with Gasteiger partial charge in [0.15, 0.2) is 0 Å². The Labute approximate surface area is 461 Å². The Hall–Kier alpha value is -8.80. The fraction of sp³-hybridized carbons (Fsp3) is 0.393. The van der Waals surface area contributed by atoms with Crippen molar-refractivity contribution in [2.75, 3.05) is 32.8 Å². The summed E-state index contributed by atoms with van der Waals surface area (Å²) >= 11 is 0. The molecule has 0 fully saturated rings. The number of halogens is 2. The Balaban J connectivity index is 1.41. The van der Waals surface area contributed by atoms with Crippen LogP contribution in [0.3, 0.4) is 0 Å². The molecule has 5 rings (SSSR count). The van der Waals surface area contributed by atoms with Gasteiger partial charge in [0.2, 0.25) is 41.4 Å². The molecule has 1 aromatic heterocycles. The highest BCUT2D eigenvalue weighted by atomic mass is 19.1. The molecule has 2 heterocycles. The SMILES string of the molecule is CC(C)C(NC(=O)OCc1ccccc1)C(=O)N[C@@H](C)C(=O)N[C@@H](CC(N)=O)C(=O)N[C@@H](CCN(C(=O)CO)[C@@H](c1cc(-c2cc(F)ccc2F)cn1Cc1ccccc1)C(C)(C)C)C(=O)NCCNC(=O)CN1C(=O)C=CC1=O. The van der Waals surface area contributed by atoms with Crippen molar-refractivity contribution in [3.05, 3.63) is 132 Å². The zero-order valence-corrected chi connectivity index (χ0v) is 45.3. The largest absolute Gasteiger partial charge is 0.445 e. The van der Waals surface area contributed by atoms with E-state index in [-0.39, 0.29) is 43.9 Å². The lowest BCUT2D eigenvalue weighted by atomic mass is 9.82. The summed E-state index contributed by atoms with van der Waals surface area (Å²) in [4.78, 5) is 134. The second-order valence-corrected chi connectivity index (χ2v) is 20.4. The Bertz CT molecular complexity index is 2910. The average molecular weight is 1110 g/mol. The van der Waals surface area contributed by atoms with E-state index < -0.39 is 138 Å². The molecule has 428 valence electrons. The maximum atomic E-state index is 15.4. The first-order chi connectivity index (χ1) is 37.9. The molecule has 1 unspecified atom stereocenters. The van der Waals surface area contributed by atoms with Crippen LogP contribution < -0.4 is 37.6 Å². The van der Waals surface area contributed by atoms with Gasteiger partial charge < -0.3 is 56.9 Å². The topological polar surface area (TPSA) is 310 Å². The van der Waals surface area contributed by atoms with E-state index in [1.807, 2.05) is 30.3 Å². The Kier molecular flexibility index (Phi) is 22.3. The number of aliphatic hydroxyl groups excluding tert-OH is 1. The van der Waals surface area contributed by atoms with Crippen molar-refractivity contribution in [1.82, 2.24) is 46.3 Å². The number of nitrogens with zero attached hydrogens (tertiary/aromatic N) is 3. The third-order valence-corrected chi connectivity index (χ3v) is 12.7. The first-order valence-corrected chi connectivity index (χ1v) is 25.7. The van der Waals surface area contributed by atoms with Gasteiger partial charge in [-0.15, -0.1) is 0 Å². The lowest BCUT2D eigenvalue weighted by molar-refractivity contribution is -0.141. The number of primary amides is 1. The molecular weight excluding hydrogens is 1040 g/mol. The van der Waals surface area contributed by atoms with Gasteiger partial charge in [0.25, 0.3) is 11.8 Å². The molecular formula is C56H68F2N10O12. The number of benzene rings is 3. The van der Waals surface area contributed by atoms with Crippen molar-refractivity contribution < 1.29 is 66.6 Å². The van der Waals surface area contributed by atoms with Crippen LogP contribution in [0.1, 0.15) is 77.2 Å². The molecule has 1 aliphatic rings. The smallest absolute Gasteiger partial charge is 0.408 e. The van der Waals surface area contributed by atoms with Gasteiger partial charge in [-0.1, -0.05) is 95.3 Å². The Morgan fingerprint density at radius 1 is 0.738 bits per heavy atom. The minimum absolute atomic E-state index is 0.0701. The van der Waals surface area contributed by atoms with E-state index >= 15 is 4.39 Å². The number of ether oxygens (including phenoxy) is 1. The number of nitrogens with one attached hydrogen (secondary N) is 6. The number of imide groups is 1. The van der Waals surface area contributed by atoms with Crippen molar-refractivity contribution in [2.45, 2.75) is 97.7 Å². The van der Waals surface area contributed by atoms with Crippen LogP contribution in [-0.4, -0.2) is 136 Å². The predicted octanol–water partition coefficient (Wildman–Crippen LogP) is 2.24. The van der Waals surface area contributed by atoms with Crippen LogP contribution in [0, 0.1) is 23.0 Å². The molecule has 0 aliphatic carbocycles. The van der Waals surface area contributed by atoms with Crippen LogP contribution in [0.2, 0.25) is 0 Å². The monoisotopic (exact) mass is 1110 g/mol. The van der Waals surface area contributed by atoms with E-state index in [1.165, 1.54) is 11.8 Å². The molecule has 4 aromatic rings. The molecule has 22 nitrogen and oxygen atoms in total. The highest BCUT2D eigenvalue weighted by Gasteiger charge is 2.39. The third-order valence-electron chi connectivity index (χ3n) is 12.7. The normalized spacial score (nSPS) is 14.1. The van der Waals surface area contributed by atoms with Crippen LogP contribution in [0.5, 0.6) is 0 Å². The molecule has 24 heteroatoms. The van der Waals surface area contributed by atoms with E-state index in [0.29, 0.717) is 16.2 Å². The van der Waals surface area contributed by atoms with Gasteiger partial charge in [0.05, 0.1) is 12.5 Å². The minimum Gasteiger partial charge on any atom is -0.445 e. The first kappa shape index (κ1) is 62.0. The Morgan fingerprint density at radius 2 is 1.35 bits per heavy atom. The summed E-state index contributed by atoms with van der Waals surface area (Å²) < 4.78 is 37.1. The third kappa shape index (κ3) is 17.9. The molecule has 9 N–H and O–H groups in total. The average Bonchev–Trinajstić information content (AvgIpc) is 4.11. The summed E-state index contributed by atoms with van der Waals surface area (Å²) in [5.41, 5.74) is 6.74. The maximum absolute atomic E-state index is 15.4. The number of nitrogens with two attached hydrogens (primary N) is 1. The standard InChI is InChI=1S/C56H68F2N10O12/c1-33(2)49(65-55(79)80-32-36-15-11-8-12-16-36)54(78)62-34(3)51(75)64-42(27-44(59)70)53(77)63-41(52(76)61-23-22-60-45(71)30-68-46(72)19-20-47(68)73)21-24-67(48(74)31-69)50(56(4,5)6)43-25-37(39-26-38(57)17-18-40(39)58)29-66(43)28-35-13-9-7-10-14-35/h7-20,25-26,29,33-34,41-42,49-50,69H,21-24,27-28,30-32H2,1-6H3,(H2,59,70)(H,60,71)(H,61,76)(H,62,78)(H,63,77)(H,64,75)(H,65,79)/t34-,41-,42-,49?,50-/m0/s1. The van der Waals surface area contributed by atoms with Gasteiger partial charge in [-0.3, -0.25) is 48.1 Å². The number of amides is 10. The lowest BCUT2D eigenvalue weighted by Gasteiger charge is -2.41. The maximum Gasteiger partial charge on any atom is 0.408 e. The number of carbonyl (C=O) groups is 10. The molecule has 0 bridgehead atoms. The molecule has 10 amide bonds. The van der Waals surface area contributed by atoms with Gasteiger partial charge in [-0.25, -0.2) is 13.6 Å². The molecule has 0 spiro atoms. The molecule has 3 aromatic carbocycles. The number of hydrogen-bond donors (Lipinski definition) is 8. The summed E-state index contributed by atoms with van der Waals surface area (Å²) in [5.74, 6) is -9.75. The summed E-state index contributed by atoms with van der Waals surface area (Å²) in [6.07, 6.45) is 1.48. The Morgan fingerprint density at radius 3 is 1.95 bits per heavy atom. The molecule has 80 heavy (non-hydrogen) atoms. The molecule has 0 saturated carbocycles. The second-order valence-electron chi connectivity index (χ2n) is 20.4. The number of rotatable bonds is 27. The predicted molar refractivity (Wildman–Crippen MR) is 286 cm³/mol. The van der Waals surface area contributed by atoms with E-state index in [2.05, 4.69) is 31.9 Å². The van der Waals surface area contributed by atoms with Gasteiger partial charge in [-0.2, -0.15) is 0 Å². The van der Waals surface area contributed by atoms with Gasteiger partial charge in [0, 0.05) is 61.3 Å². The minimum atomic E-state index is -1.77. The summed E-state index contributed by atoms with van der Waals surface area (Å²) in [6.45, 7) is 7.50. The summed E-state index contributed by atoms with van der Waals surface area (Å²) in [6, 6.07) is 15.6. The zero-order valence-electron chi connectivity index (χ0n) is 45.3. The van der Waals surface area contributed by atoms with Crippen molar-refractivity contribution in [1.29, 1.82) is 0 Å². The fourth-order valence-electron chi connectivity index (χ4n) is 8.71. The number of hydrogen-bond acceptors (Lipinski definition) is 12. The van der Waals surface area contributed by atoms with E-state index in [1.54, 1.807) is 81.8 Å². The van der Waals surface area contributed by atoms with Crippen molar-refractivity contribution in [2.24, 2.45) is 17.1 Å². The number of alkyl carbamates (subject to hydrolysis) is 1. The lowest BCUT2D eigenvalue weighted by Crippen LogP contribution is -2.59. The van der Waals surface area contributed by atoms with Crippen LogP contribution in [0.25, 0.3) is 11.1 Å². The van der Waals surface area contributed by atoms with Gasteiger partial charge >= 0.3 is 6.09 Å². The van der Waals surface area contributed by atoms with Crippen LogP contribution >= 0.6 is 0 Å². The highest BCUT2D eigenvalue weighted by molar-refractivity contribution is 6.14. The number of carbonyl (C=O) groups excluding carboxylic acids is 10. The quantitative estimate of drug-likeness (QED) is 0.0315. The fourth-order valence-corrected chi connectivity index (χ4v) is 8.71.